The lowest BCUT2D eigenvalue weighted by atomic mass is 9.84. The first-order chi connectivity index (χ1) is 21.9. The summed E-state index contributed by atoms with van der Waals surface area (Å²) in [7, 11) is 1.54. The molecule has 46 heavy (non-hydrogen) atoms. The number of hydrogen-bond acceptors (Lipinski definition) is 8. The summed E-state index contributed by atoms with van der Waals surface area (Å²) in [6.45, 7) is 10.4. The van der Waals surface area contributed by atoms with Gasteiger partial charge in [-0.1, -0.05) is 20.8 Å². The van der Waals surface area contributed by atoms with Gasteiger partial charge in [-0.2, -0.15) is 5.26 Å². The van der Waals surface area contributed by atoms with E-state index < -0.39 is 5.97 Å². The number of piperidine rings is 1. The lowest BCUT2D eigenvalue weighted by molar-refractivity contribution is -0.137. The molecule has 2 aliphatic rings. The minimum atomic E-state index is -0.838. The second kappa shape index (κ2) is 14.7. The Bertz CT molecular complexity index is 1530. The fourth-order valence-corrected chi connectivity index (χ4v) is 5.94. The van der Waals surface area contributed by atoms with E-state index in [1.807, 2.05) is 19.1 Å². The maximum Gasteiger partial charge on any atom is 0.303 e. The molecule has 3 N–H and O–H groups in total. The number of ether oxygens (including phenoxy) is 2. The van der Waals surface area contributed by atoms with Crippen LogP contribution < -0.4 is 19.7 Å². The van der Waals surface area contributed by atoms with Gasteiger partial charge in [0.05, 0.1) is 37.1 Å². The third-order valence-electron chi connectivity index (χ3n) is 8.49. The molecule has 11 nitrogen and oxygen atoms in total. The van der Waals surface area contributed by atoms with Crippen molar-refractivity contribution in [2.75, 3.05) is 44.8 Å². The number of benzene rings is 2. The van der Waals surface area contributed by atoms with Crippen LogP contribution in [0.1, 0.15) is 97.2 Å². The number of anilines is 1. The Kier molecular flexibility index (Phi) is 10.9. The molecule has 0 unspecified atom stereocenters. The number of amidine groups is 1. The highest BCUT2D eigenvalue weighted by molar-refractivity contribution is 6.08. The third kappa shape index (κ3) is 7.79. The Morgan fingerprint density at radius 3 is 2.43 bits per heavy atom. The predicted octanol–water partition coefficient (Wildman–Crippen LogP) is 5.14. The van der Waals surface area contributed by atoms with Crippen LogP contribution >= 0.6 is 0 Å². The van der Waals surface area contributed by atoms with Gasteiger partial charge in [-0.05, 0) is 67.9 Å². The van der Waals surface area contributed by atoms with E-state index in [2.05, 4.69) is 37.1 Å². The highest BCUT2D eigenvalue weighted by Gasteiger charge is 2.32. The van der Waals surface area contributed by atoms with Crippen LogP contribution in [0.25, 0.3) is 0 Å². The largest absolute Gasteiger partial charge is 0.493 e. The smallest absolute Gasteiger partial charge is 0.303 e. The number of amides is 1. The van der Waals surface area contributed by atoms with E-state index in [1.165, 1.54) is 0 Å². The summed E-state index contributed by atoms with van der Waals surface area (Å²) < 4.78 is 12.1. The molecule has 0 spiro atoms. The molecular formula is C35H45N5O6. The van der Waals surface area contributed by atoms with Crippen molar-refractivity contribution in [1.82, 2.24) is 10.2 Å². The molecule has 0 bridgehead atoms. The fraction of sp³-hybridized carbons (Fsp3) is 0.514. The van der Waals surface area contributed by atoms with Crippen molar-refractivity contribution < 1.29 is 29.0 Å². The lowest BCUT2D eigenvalue weighted by Crippen LogP contribution is -2.34. The van der Waals surface area contributed by atoms with Gasteiger partial charge in [-0.15, -0.1) is 0 Å². The number of ketones is 1. The molecule has 2 heterocycles. The summed E-state index contributed by atoms with van der Waals surface area (Å²) in [6, 6.07) is 9.56. The molecule has 1 amide bonds. The van der Waals surface area contributed by atoms with Crippen LogP contribution in [0, 0.1) is 22.7 Å². The molecule has 1 fully saturated rings. The average Bonchev–Trinajstić information content (AvgIpc) is 3.32. The summed E-state index contributed by atoms with van der Waals surface area (Å²) in [4.78, 5) is 41.4. The highest BCUT2D eigenvalue weighted by Crippen LogP contribution is 2.42. The maximum absolute atomic E-state index is 14.0. The van der Waals surface area contributed by atoms with Gasteiger partial charge in [-0.3, -0.25) is 19.8 Å². The minimum absolute atomic E-state index is 0.0153. The molecule has 4 rings (SSSR count). The Balaban J connectivity index is 1.65. The maximum atomic E-state index is 14.0. The molecule has 0 atom stereocenters. The second-order valence-corrected chi connectivity index (χ2v) is 12.9. The molecule has 0 radical (unpaired) electrons. The number of Topliss-reactive ketones (excluding diaryl/α,β-unsaturated/α-hetero) is 1. The highest BCUT2D eigenvalue weighted by atomic mass is 16.5. The van der Waals surface area contributed by atoms with E-state index in [0.717, 1.165) is 16.8 Å². The molecule has 2 aromatic rings. The molecule has 1 saturated heterocycles. The number of unbranched alkanes of at least 4 members (excludes halogenated alkanes) is 1. The number of carbonyl (C=O) groups is 3. The van der Waals surface area contributed by atoms with Crippen LogP contribution in [0.3, 0.4) is 0 Å². The van der Waals surface area contributed by atoms with E-state index >= 15 is 0 Å². The Morgan fingerprint density at radius 2 is 1.83 bits per heavy atom. The van der Waals surface area contributed by atoms with Crippen LogP contribution in [-0.4, -0.2) is 73.4 Å². The fourth-order valence-electron chi connectivity index (χ4n) is 5.94. The molecule has 2 aromatic carbocycles. The zero-order valence-electron chi connectivity index (χ0n) is 27.5. The Morgan fingerprint density at radius 1 is 1.11 bits per heavy atom. The number of fused-ring (bicyclic) bond motifs is 1. The molecule has 0 aromatic heterocycles. The third-order valence-corrected chi connectivity index (χ3v) is 8.49. The number of hydrogen-bond donors (Lipinski definition) is 3. The van der Waals surface area contributed by atoms with Crippen molar-refractivity contribution in [2.45, 2.75) is 71.8 Å². The second-order valence-electron chi connectivity index (χ2n) is 12.9. The van der Waals surface area contributed by atoms with Gasteiger partial charge < -0.3 is 29.7 Å². The normalized spacial score (nSPS) is 14.9. The van der Waals surface area contributed by atoms with Crippen molar-refractivity contribution >= 4 is 29.2 Å². The topological polar surface area (TPSA) is 156 Å². The van der Waals surface area contributed by atoms with Gasteiger partial charge >= 0.3 is 5.97 Å². The first kappa shape index (κ1) is 34.3. The van der Waals surface area contributed by atoms with Crippen molar-refractivity contribution in [3.8, 4) is 17.6 Å². The van der Waals surface area contributed by atoms with Gasteiger partial charge in [0.25, 0.3) is 5.91 Å². The number of nitrogens with one attached hydrogen (secondary N) is 2. The average molecular weight is 632 g/mol. The zero-order chi connectivity index (χ0) is 33.6. The number of nitriles is 1. The molecular weight excluding hydrogens is 586 g/mol. The van der Waals surface area contributed by atoms with E-state index in [0.29, 0.717) is 86.7 Å². The van der Waals surface area contributed by atoms with Gasteiger partial charge in [0.15, 0.2) is 5.78 Å². The van der Waals surface area contributed by atoms with Crippen LogP contribution in [0.2, 0.25) is 0 Å². The Hall–Kier alpha value is -4.59. The molecule has 2 aliphatic heterocycles. The number of rotatable bonds is 13. The minimum Gasteiger partial charge on any atom is -0.493 e. The van der Waals surface area contributed by atoms with Crippen molar-refractivity contribution in [3.63, 3.8) is 0 Å². The summed E-state index contributed by atoms with van der Waals surface area (Å²) in [6.07, 6.45) is 2.58. The standard InChI is InChI=1S/C35H45N5O6/c1-6-45-30-17-24-20-40(33(37)25(24)18-26(30)34(44)38-5)21-29(41)23-15-27(35(2,3)4)32(46-14-8-7-9-31(42)43)28(16-23)39-12-10-22(19-36)11-13-39/h15-18,22,37H,6-14,20-21H2,1-5H3,(H,38,44)(H,42,43). The number of carboxylic acid groups (broad SMARTS) is 1. The predicted molar refractivity (Wildman–Crippen MR) is 175 cm³/mol. The summed E-state index contributed by atoms with van der Waals surface area (Å²) >= 11 is 0. The van der Waals surface area contributed by atoms with E-state index in [1.54, 1.807) is 24.1 Å². The van der Waals surface area contributed by atoms with Gasteiger partial charge in [-0.25, -0.2) is 0 Å². The van der Waals surface area contributed by atoms with E-state index in [9.17, 15) is 19.6 Å². The van der Waals surface area contributed by atoms with Crippen LogP contribution in [0.4, 0.5) is 5.69 Å². The van der Waals surface area contributed by atoms with Crippen molar-refractivity contribution in [2.24, 2.45) is 5.92 Å². The van der Waals surface area contributed by atoms with Gasteiger partial charge in [0.2, 0.25) is 0 Å². The first-order valence-corrected chi connectivity index (χ1v) is 15.9. The molecule has 0 aliphatic carbocycles. The number of carboxylic acids is 1. The van der Waals surface area contributed by atoms with E-state index in [4.69, 9.17) is 20.0 Å². The Labute approximate surface area is 271 Å². The first-order valence-electron chi connectivity index (χ1n) is 15.9. The van der Waals surface area contributed by atoms with Gasteiger partial charge in [0, 0.05) is 55.7 Å². The SMILES string of the molecule is CCOc1cc2c(cc1C(=O)NC)C(=N)N(CC(=O)c1cc(N3CCC(C#N)CC3)c(OCCCCC(=O)O)c(C(C)(C)C)c1)C2. The van der Waals surface area contributed by atoms with Crippen molar-refractivity contribution in [3.05, 3.63) is 52.1 Å². The molecule has 0 saturated carbocycles. The summed E-state index contributed by atoms with van der Waals surface area (Å²) in [5.74, 6) is -0.0121. The number of carbonyl (C=O) groups excluding carboxylic acids is 2. The monoisotopic (exact) mass is 631 g/mol. The zero-order valence-corrected chi connectivity index (χ0v) is 27.5. The summed E-state index contributed by atoms with van der Waals surface area (Å²) in [5.41, 5.74) is 3.54. The lowest BCUT2D eigenvalue weighted by Gasteiger charge is -2.35. The number of aliphatic carboxylic acids is 1. The van der Waals surface area contributed by atoms with E-state index in [-0.39, 0.29) is 41.8 Å². The van der Waals surface area contributed by atoms with Gasteiger partial charge in [0.1, 0.15) is 17.3 Å². The molecule has 246 valence electrons. The summed E-state index contributed by atoms with van der Waals surface area (Å²) in [5, 5.41) is 30.0. The van der Waals surface area contributed by atoms with Crippen LogP contribution in [-0.2, 0) is 16.8 Å². The van der Waals surface area contributed by atoms with Crippen LogP contribution in [0.15, 0.2) is 24.3 Å². The quantitative estimate of drug-likeness (QED) is 0.201. The number of nitrogens with zero attached hydrogens (tertiary/aromatic N) is 3. The molecule has 11 heteroatoms. The van der Waals surface area contributed by atoms with Crippen LogP contribution in [0.5, 0.6) is 11.5 Å². The van der Waals surface area contributed by atoms with Crippen molar-refractivity contribution in [1.29, 1.82) is 10.7 Å².